The summed E-state index contributed by atoms with van der Waals surface area (Å²) in [6, 6.07) is 9.69. The molecule has 0 radical (unpaired) electrons. The van der Waals surface area contributed by atoms with Gasteiger partial charge in [0.25, 0.3) is 0 Å². The van der Waals surface area contributed by atoms with Crippen LogP contribution in [0.25, 0.3) is 0 Å². The van der Waals surface area contributed by atoms with Crippen molar-refractivity contribution in [3.8, 4) is 11.5 Å². The molecule has 21 heavy (non-hydrogen) atoms. The highest BCUT2D eigenvalue weighted by Crippen LogP contribution is 2.31. The Morgan fingerprint density at radius 3 is 2.43 bits per heavy atom. The number of ether oxygens (including phenoxy) is 1. The lowest BCUT2D eigenvalue weighted by Crippen LogP contribution is -2.14. The van der Waals surface area contributed by atoms with E-state index in [-0.39, 0.29) is 5.75 Å². The molecule has 0 amide bonds. The molecule has 0 atom stereocenters. The second-order valence-electron chi connectivity index (χ2n) is 4.60. The van der Waals surface area contributed by atoms with Crippen molar-refractivity contribution in [3.05, 3.63) is 57.2 Å². The molecule has 2 nitrogen and oxygen atoms in total. The Labute approximate surface area is 136 Å². The predicted octanol–water partition coefficient (Wildman–Crippen LogP) is 4.86. The molecule has 0 fully saturated rings. The zero-order valence-corrected chi connectivity index (χ0v) is 13.8. The third-order valence-electron chi connectivity index (χ3n) is 2.86. The van der Waals surface area contributed by atoms with Crippen molar-refractivity contribution in [3.63, 3.8) is 0 Å². The zero-order chi connectivity index (χ0) is 15.2. The number of halogens is 3. The summed E-state index contributed by atoms with van der Waals surface area (Å²) < 4.78 is 34.3. The quantitative estimate of drug-likeness (QED) is 0.550. The summed E-state index contributed by atoms with van der Waals surface area (Å²) in [7, 11) is 0. The van der Waals surface area contributed by atoms with Crippen molar-refractivity contribution >= 4 is 22.6 Å². The van der Waals surface area contributed by atoms with Gasteiger partial charge in [0, 0.05) is 6.54 Å². The number of para-hydroxylation sites is 1. The second kappa shape index (κ2) is 7.70. The van der Waals surface area contributed by atoms with E-state index in [1.165, 1.54) is 12.1 Å². The molecule has 0 saturated carbocycles. The van der Waals surface area contributed by atoms with Crippen LogP contribution < -0.4 is 10.1 Å². The topological polar surface area (TPSA) is 21.3 Å². The minimum absolute atomic E-state index is 0.363. The van der Waals surface area contributed by atoms with E-state index < -0.39 is 11.6 Å². The number of hydrogen-bond donors (Lipinski definition) is 1. The van der Waals surface area contributed by atoms with Crippen molar-refractivity contribution < 1.29 is 13.5 Å². The van der Waals surface area contributed by atoms with Gasteiger partial charge < -0.3 is 10.1 Å². The molecule has 1 N–H and O–H groups in total. The Kier molecular flexibility index (Phi) is 5.93. The van der Waals surface area contributed by atoms with E-state index in [1.54, 1.807) is 12.1 Å². The van der Waals surface area contributed by atoms with Gasteiger partial charge in [0.15, 0.2) is 17.4 Å². The molecule has 0 heterocycles. The molecule has 0 spiro atoms. The predicted molar refractivity (Wildman–Crippen MR) is 87.6 cm³/mol. The van der Waals surface area contributed by atoms with Gasteiger partial charge in [-0.1, -0.05) is 19.1 Å². The summed E-state index contributed by atoms with van der Waals surface area (Å²) in [5.74, 6) is -1.31. The summed E-state index contributed by atoms with van der Waals surface area (Å²) in [6.45, 7) is 3.28. The zero-order valence-electron chi connectivity index (χ0n) is 11.6. The molecule has 0 aromatic heterocycles. The van der Waals surface area contributed by atoms with Crippen LogP contribution in [0.1, 0.15) is 18.9 Å². The highest BCUT2D eigenvalue weighted by molar-refractivity contribution is 14.1. The first kappa shape index (κ1) is 16.2. The molecule has 0 unspecified atom stereocenters. The molecule has 2 aromatic rings. The van der Waals surface area contributed by atoms with E-state index in [9.17, 15) is 8.78 Å². The number of benzene rings is 2. The van der Waals surface area contributed by atoms with Crippen LogP contribution in [-0.2, 0) is 6.54 Å². The van der Waals surface area contributed by atoms with Crippen LogP contribution >= 0.6 is 22.6 Å². The maximum absolute atomic E-state index is 14.0. The minimum Gasteiger partial charge on any atom is -0.450 e. The fourth-order valence-corrected chi connectivity index (χ4v) is 2.36. The van der Waals surface area contributed by atoms with E-state index >= 15 is 0 Å². The van der Waals surface area contributed by atoms with Gasteiger partial charge >= 0.3 is 0 Å². The van der Waals surface area contributed by atoms with Gasteiger partial charge in [0.05, 0.1) is 3.57 Å². The summed E-state index contributed by atoms with van der Waals surface area (Å²) in [4.78, 5) is 0. The number of hydrogen-bond acceptors (Lipinski definition) is 2. The lowest BCUT2D eigenvalue weighted by atomic mass is 10.2. The van der Waals surface area contributed by atoms with Crippen LogP contribution in [0, 0.1) is 15.2 Å². The van der Waals surface area contributed by atoms with Gasteiger partial charge in [0.1, 0.15) is 5.75 Å². The van der Waals surface area contributed by atoms with E-state index in [2.05, 4.69) is 27.9 Å². The molecule has 2 aromatic carbocycles. The molecule has 0 aliphatic carbocycles. The van der Waals surface area contributed by atoms with Crippen molar-refractivity contribution in [2.45, 2.75) is 19.9 Å². The second-order valence-corrected chi connectivity index (χ2v) is 5.76. The average Bonchev–Trinajstić information content (AvgIpc) is 2.45. The smallest absolute Gasteiger partial charge is 0.198 e. The van der Waals surface area contributed by atoms with Crippen molar-refractivity contribution in [2.24, 2.45) is 0 Å². The number of rotatable bonds is 6. The number of nitrogens with one attached hydrogen (secondary N) is 1. The third-order valence-corrected chi connectivity index (χ3v) is 3.75. The fraction of sp³-hybridized carbons (Fsp3) is 0.250. The van der Waals surface area contributed by atoms with Crippen LogP contribution in [0.4, 0.5) is 8.78 Å². The molecule has 5 heteroatoms. The molecule has 0 aliphatic heterocycles. The Hall–Kier alpha value is -1.21. The van der Waals surface area contributed by atoms with Crippen LogP contribution in [0.2, 0.25) is 0 Å². The third kappa shape index (κ3) is 4.38. The van der Waals surface area contributed by atoms with Crippen molar-refractivity contribution in [1.29, 1.82) is 0 Å². The first-order chi connectivity index (χ1) is 10.1. The first-order valence-electron chi connectivity index (χ1n) is 6.73. The molecule has 0 aliphatic rings. The summed E-state index contributed by atoms with van der Waals surface area (Å²) in [5, 5.41) is 3.11. The highest BCUT2D eigenvalue weighted by atomic mass is 127. The van der Waals surface area contributed by atoms with E-state index in [0.29, 0.717) is 17.9 Å². The maximum atomic E-state index is 14.0. The molecule has 2 rings (SSSR count). The highest BCUT2D eigenvalue weighted by Gasteiger charge is 2.14. The molecular weight excluding hydrogens is 387 g/mol. The van der Waals surface area contributed by atoms with Gasteiger partial charge in [-0.25, -0.2) is 8.78 Å². The standard InChI is InChI=1S/C16H16F2INO/c1-2-7-20-10-11-8-12(17)16(13(18)9-11)21-15-6-4-3-5-14(15)19/h3-6,8-9,20H,2,7,10H2,1H3. The Morgan fingerprint density at radius 2 is 1.81 bits per heavy atom. The van der Waals surface area contributed by atoms with Gasteiger partial charge in [0.2, 0.25) is 0 Å². The van der Waals surface area contributed by atoms with E-state index in [4.69, 9.17) is 4.74 Å². The maximum Gasteiger partial charge on any atom is 0.198 e. The van der Waals surface area contributed by atoms with E-state index in [1.807, 2.05) is 19.1 Å². The fourth-order valence-electron chi connectivity index (χ4n) is 1.86. The molecule has 0 saturated heterocycles. The van der Waals surface area contributed by atoms with Crippen molar-refractivity contribution in [2.75, 3.05) is 6.54 Å². The lowest BCUT2D eigenvalue weighted by Gasteiger charge is -2.11. The van der Waals surface area contributed by atoms with Gasteiger partial charge in [-0.2, -0.15) is 0 Å². The van der Waals surface area contributed by atoms with Crippen LogP contribution in [0.15, 0.2) is 36.4 Å². The summed E-state index contributed by atoms with van der Waals surface area (Å²) >= 11 is 2.06. The van der Waals surface area contributed by atoms with Crippen molar-refractivity contribution in [1.82, 2.24) is 5.32 Å². The molecular formula is C16H16F2INO. The monoisotopic (exact) mass is 403 g/mol. The minimum atomic E-state index is -0.692. The molecule has 112 valence electrons. The Balaban J connectivity index is 2.19. The lowest BCUT2D eigenvalue weighted by molar-refractivity contribution is 0.404. The average molecular weight is 403 g/mol. The van der Waals surface area contributed by atoms with Crippen LogP contribution in [0.3, 0.4) is 0 Å². The normalized spacial score (nSPS) is 10.7. The SMILES string of the molecule is CCCNCc1cc(F)c(Oc2ccccc2I)c(F)c1. The molecule has 0 bridgehead atoms. The van der Waals surface area contributed by atoms with Gasteiger partial charge in [-0.05, 0) is 65.4 Å². The van der Waals surface area contributed by atoms with Crippen LogP contribution in [0.5, 0.6) is 11.5 Å². The summed E-state index contributed by atoms with van der Waals surface area (Å²) in [5.41, 5.74) is 0.563. The van der Waals surface area contributed by atoms with Gasteiger partial charge in [-0.15, -0.1) is 0 Å². The Bertz CT molecular complexity index is 596. The summed E-state index contributed by atoms with van der Waals surface area (Å²) in [6.07, 6.45) is 0.971. The van der Waals surface area contributed by atoms with Crippen LogP contribution in [-0.4, -0.2) is 6.54 Å². The Morgan fingerprint density at radius 1 is 1.14 bits per heavy atom. The first-order valence-corrected chi connectivity index (χ1v) is 7.80. The van der Waals surface area contributed by atoms with Gasteiger partial charge in [-0.3, -0.25) is 0 Å². The van der Waals surface area contributed by atoms with E-state index in [0.717, 1.165) is 16.5 Å². The largest absolute Gasteiger partial charge is 0.450 e.